The first-order valence-corrected chi connectivity index (χ1v) is 5.88. The summed E-state index contributed by atoms with van der Waals surface area (Å²) in [4.78, 5) is 1.77. The minimum absolute atomic E-state index is 0.420. The van der Waals surface area contributed by atoms with Gasteiger partial charge in [-0.1, -0.05) is 0 Å². The van der Waals surface area contributed by atoms with Gasteiger partial charge in [0.25, 0.3) is 0 Å². The van der Waals surface area contributed by atoms with E-state index in [0.29, 0.717) is 44.0 Å². The smallest absolute Gasteiger partial charge is 0.169 e. The van der Waals surface area contributed by atoms with E-state index in [1.807, 2.05) is 0 Å². The summed E-state index contributed by atoms with van der Waals surface area (Å²) in [6.45, 7) is 1.55. The van der Waals surface area contributed by atoms with Crippen LogP contribution in [-0.2, 0) is 4.74 Å². The number of aromatic nitrogens is 2. The second-order valence-electron chi connectivity index (χ2n) is 4.57. The molecule has 0 radical (unpaired) electrons. The van der Waals surface area contributed by atoms with Gasteiger partial charge in [-0.15, -0.1) is 5.10 Å². The highest BCUT2D eigenvalue weighted by Crippen LogP contribution is 2.24. The number of hydrogen-bond acceptors (Lipinski definition) is 6. The standard InChI is InChI=1S/C12H16N4O2/c1-16(9-12(17)3-6-18-7-4-12)11-10(8-13)2-5-14-15-11/h2,5,17H,3-4,6-7,9H2,1H3. The van der Waals surface area contributed by atoms with E-state index in [0.717, 1.165) is 0 Å². The predicted molar refractivity (Wildman–Crippen MR) is 65.0 cm³/mol. The Morgan fingerprint density at radius 2 is 2.28 bits per heavy atom. The third kappa shape index (κ3) is 2.75. The van der Waals surface area contributed by atoms with Gasteiger partial charge >= 0.3 is 0 Å². The molecule has 1 saturated heterocycles. The molecule has 1 aromatic rings. The van der Waals surface area contributed by atoms with Gasteiger partial charge in [-0.2, -0.15) is 10.4 Å². The van der Waals surface area contributed by atoms with Crippen molar-refractivity contribution in [1.29, 1.82) is 5.26 Å². The molecule has 0 bridgehead atoms. The van der Waals surface area contributed by atoms with Crippen molar-refractivity contribution in [1.82, 2.24) is 10.2 Å². The van der Waals surface area contributed by atoms with Crippen LogP contribution in [-0.4, -0.2) is 47.7 Å². The van der Waals surface area contributed by atoms with Crippen LogP contribution < -0.4 is 4.90 Å². The zero-order chi connectivity index (χ0) is 13.0. The molecule has 0 saturated carbocycles. The highest BCUT2D eigenvalue weighted by molar-refractivity contribution is 5.52. The quantitative estimate of drug-likeness (QED) is 0.829. The zero-order valence-electron chi connectivity index (χ0n) is 10.3. The molecule has 1 aliphatic heterocycles. The fourth-order valence-corrected chi connectivity index (χ4v) is 2.12. The largest absolute Gasteiger partial charge is 0.388 e. The molecule has 0 atom stereocenters. The Bertz CT molecular complexity index is 452. The first kappa shape index (κ1) is 12.7. The molecule has 1 fully saturated rings. The SMILES string of the molecule is CN(CC1(O)CCOCC1)c1nnccc1C#N. The molecule has 6 heteroatoms. The summed E-state index contributed by atoms with van der Waals surface area (Å²) in [5.74, 6) is 0.500. The Kier molecular flexibility index (Phi) is 3.75. The van der Waals surface area contributed by atoms with Crippen molar-refractivity contribution >= 4 is 5.82 Å². The monoisotopic (exact) mass is 248 g/mol. The summed E-state index contributed by atoms with van der Waals surface area (Å²) in [5, 5.41) is 27.2. The van der Waals surface area contributed by atoms with E-state index >= 15 is 0 Å². The number of ether oxygens (including phenoxy) is 1. The molecule has 0 aromatic carbocycles. The van der Waals surface area contributed by atoms with Gasteiger partial charge in [0.15, 0.2) is 5.82 Å². The van der Waals surface area contributed by atoms with Crippen LogP contribution in [0, 0.1) is 11.3 Å². The molecule has 2 rings (SSSR count). The molecule has 0 unspecified atom stereocenters. The van der Waals surface area contributed by atoms with Gasteiger partial charge in [-0.05, 0) is 6.07 Å². The van der Waals surface area contributed by atoms with E-state index in [4.69, 9.17) is 10.00 Å². The van der Waals surface area contributed by atoms with Gasteiger partial charge in [-0.3, -0.25) is 0 Å². The molecular weight excluding hydrogens is 232 g/mol. The summed E-state index contributed by atoms with van der Waals surface area (Å²) in [6, 6.07) is 3.69. The lowest BCUT2D eigenvalue weighted by Crippen LogP contribution is -2.46. The highest BCUT2D eigenvalue weighted by atomic mass is 16.5. The number of rotatable bonds is 3. The summed E-state index contributed by atoms with van der Waals surface area (Å²) < 4.78 is 5.24. The second-order valence-corrected chi connectivity index (χ2v) is 4.57. The maximum atomic E-state index is 10.4. The molecule has 1 N–H and O–H groups in total. The third-order valence-electron chi connectivity index (χ3n) is 3.14. The van der Waals surface area contributed by atoms with Gasteiger partial charge in [-0.25, -0.2) is 0 Å². The van der Waals surface area contributed by atoms with Crippen LogP contribution in [0.4, 0.5) is 5.82 Å². The second kappa shape index (κ2) is 5.29. The van der Waals surface area contributed by atoms with E-state index in [-0.39, 0.29) is 0 Å². The number of aliphatic hydroxyl groups is 1. The fraction of sp³-hybridized carbons (Fsp3) is 0.583. The lowest BCUT2D eigenvalue weighted by atomic mass is 9.94. The Balaban J connectivity index is 2.12. The molecule has 1 aliphatic rings. The molecule has 0 aliphatic carbocycles. The summed E-state index contributed by atoms with van der Waals surface area (Å²) in [5.41, 5.74) is -0.319. The van der Waals surface area contributed by atoms with Crippen LogP contribution in [0.25, 0.3) is 0 Å². The van der Waals surface area contributed by atoms with Crippen molar-refractivity contribution in [2.75, 3.05) is 31.7 Å². The minimum Gasteiger partial charge on any atom is -0.388 e. The van der Waals surface area contributed by atoms with Crippen molar-refractivity contribution < 1.29 is 9.84 Å². The number of nitrogens with zero attached hydrogens (tertiary/aromatic N) is 4. The number of nitriles is 1. The van der Waals surface area contributed by atoms with Crippen LogP contribution in [0.5, 0.6) is 0 Å². The lowest BCUT2D eigenvalue weighted by molar-refractivity contribution is -0.0573. The lowest BCUT2D eigenvalue weighted by Gasteiger charge is -2.35. The Morgan fingerprint density at radius 1 is 1.56 bits per heavy atom. The van der Waals surface area contributed by atoms with Crippen LogP contribution >= 0.6 is 0 Å². The topological polar surface area (TPSA) is 82.3 Å². The Labute approximate surface area is 106 Å². The molecule has 6 nitrogen and oxygen atoms in total. The van der Waals surface area contributed by atoms with E-state index in [1.54, 1.807) is 18.0 Å². The van der Waals surface area contributed by atoms with E-state index < -0.39 is 5.60 Å². The zero-order valence-corrected chi connectivity index (χ0v) is 10.3. The molecule has 18 heavy (non-hydrogen) atoms. The minimum atomic E-state index is -0.781. The molecule has 1 aromatic heterocycles. The van der Waals surface area contributed by atoms with E-state index in [9.17, 15) is 5.11 Å². The van der Waals surface area contributed by atoms with Crippen molar-refractivity contribution in [3.63, 3.8) is 0 Å². The Morgan fingerprint density at radius 3 is 2.94 bits per heavy atom. The van der Waals surface area contributed by atoms with Crippen LogP contribution in [0.2, 0.25) is 0 Å². The third-order valence-corrected chi connectivity index (χ3v) is 3.14. The molecule has 0 amide bonds. The highest BCUT2D eigenvalue weighted by Gasteiger charge is 2.31. The van der Waals surface area contributed by atoms with Crippen LogP contribution in [0.3, 0.4) is 0 Å². The maximum absolute atomic E-state index is 10.4. The van der Waals surface area contributed by atoms with E-state index in [2.05, 4.69) is 16.3 Å². The molecule has 96 valence electrons. The fourth-order valence-electron chi connectivity index (χ4n) is 2.12. The van der Waals surface area contributed by atoms with Gasteiger partial charge < -0.3 is 14.7 Å². The summed E-state index contributed by atoms with van der Waals surface area (Å²) in [7, 11) is 1.80. The van der Waals surface area contributed by atoms with Gasteiger partial charge in [0.1, 0.15) is 6.07 Å². The summed E-state index contributed by atoms with van der Waals surface area (Å²) >= 11 is 0. The molecule has 2 heterocycles. The Hall–Kier alpha value is -1.71. The van der Waals surface area contributed by atoms with Crippen LogP contribution in [0.1, 0.15) is 18.4 Å². The number of likely N-dealkylation sites (N-methyl/N-ethyl adjacent to an activating group) is 1. The first-order chi connectivity index (χ1) is 8.64. The van der Waals surface area contributed by atoms with Gasteiger partial charge in [0.2, 0.25) is 0 Å². The van der Waals surface area contributed by atoms with Gasteiger partial charge in [0, 0.05) is 39.6 Å². The van der Waals surface area contributed by atoms with Crippen molar-refractivity contribution in [2.24, 2.45) is 0 Å². The molecular formula is C12H16N4O2. The summed E-state index contributed by atoms with van der Waals surface area (Å²) in [6.07, 6.45) is 2.68. The van der Waals surface area contributed by atoms with Gasteiger partial charge in [0.05, 0.1) is 17.4 Å². The maximum Gasteiger partial charge on any atom is 0.169 e. The molecule has 0 spiro atoms. The predicted octanol–water partition coefficient (Wildman–Crippen LogP) is 0.326. The van der Waals surface area contributed by atoms with Crippen molar-refractivity contribution in [2.45, 2.75) is 18.4 Å². The first-order valence-electron chi connectivity index (χ1n) is 5.88. The normalized spacial score (nSPS) is 18.1. The number of hydrogen-bond donors (Lipinski definition) is 1. The van der Waals surface area contributed by atoms with Crippen molar-refractivity contribution in [3.8, 4) is 6.07 Å². The van der Waals surface area contributed by atoms with E-state index in [1.165, 1.54) is 6.20 Å². The number of anilines is 1. The average Bonchev–Trinajstić information content (AvgIpc) is 2.39. The average molecular weight is 248 g/mol. The van der Waals surface area contributed by atoms with Crippen molar-refractivity contribution in [3.05, 3.63) is 17.8 Å². The van der Waals surface area contributed by atoms with Crippen LogP contribution in [0.15, 0.2) is 12.3 Å².